The van der Waals surface area contributed by atoms with Gasteiger partial charge < -0.3 is 0 Å². The van der Waals surface area contributed by atoms with Crippen LogP contribution < -0.4 is 0 Å². The van der Waals surface area contributed by atoms with Gasteiger partial charge in [-0.1, -0.05) is 18.6 Å². The van der Waals surface area contributed by atoms with Crippen molar-refractivity contribution in [2.75, 3.05) is 13.1 Å². The molecule has 1 unspecified atom stereocenters. The third-order valence-corrected chi connectivity index (χ3v) is 4.54. The zero-order chi connectivity index (χ0) is 14.0. The van der Waals surface area contributed by atoms with E-state index in [9.17, 15) is 4.79 Å². The Hall–Kier alpha value is -1.15. The van der Waals surface area contributed by atoms with Crippen LogP contribution >= 0.6 is 0 Å². The van der Waals surface area contributed by atoms with E-state index in [0.717, 1.165) is 13.1 Å². The van der Waals surface area contributed by atoms with Crippen LogP contribution in [0.1, 0.15) is 54.5 Å². The SMILES string of the molecule is CC(=O)C(c1ccc(C)c(C)c1C)N1CCCCC1. The number of ketones is 1. The molecule has 1 heterocycles. The van der Waals surface area contributed by atoms with Crippen molar-refractivity contribution in [3.05, 3.63) is 34.4 Å². The quantitative estimate of drug-likeness (QED) is 0.824. The molecular formula is C17H25NO. The van der Waals surface area contributed by atoms with Gasteiger partial charge in [0.15, 0.2) is 5.78 Å². The normalized spacial score (nSPS) is 18.3. The Morgan fingerprint density at radius 2 is 1.68 bits per heavy atom. The maximum absolute atomic E-state index is 12.2. The molecule has 0 radical (unpaired) electrons. The van der Waals surface area contributed by atoms with Crippen molar-refractivity contribution in [3.8, 4) is 0 Å². The Labute approximate surface area is 116 Å². The Morgan fingerprint density at radius 1 is 1.05 bits per heavy atom. The van der Waals surface area contributed by atoms with Crippen LogP contribution in [-0.2, 0) is 4.79 Å². The average molecular weight is 259 g/mol. The molecule has 0 aromatic heterocycles. The summed E-state index contributed by atoms with van der Waals surface area (Å²) in [7, 11) is 0. The van der Waals surface area contributed by atoms with Gasteiger partial charge in [-0.15, -0.1) is 0 Å². The predicted octanol–water partition coefficient (Wildman–Crippen LogP) is 3.73. The fraction of sp³-hybridized carbons (Fsp3) is 0.588. The van der Waals surface area contributed by atoms with Gasteiger partial charge in [0.2, 0.25) is 0 Å². The zero-order valence-electron chi connectivity index (χ0n) is 12.6. The molecule has 104 valence electrons. The lowest BCUT2D eigenvalue weighted by Crippen LogP contribution is -2.37. The molecule has 1 fully saturated rings. The summed E-state index contributed by atoms with van der Waals surface area (Å²) in [5.41, 5.74) is 5.12. The maximum atomic E-state index is 12.2. The van der Waals surface area contributed by atoms with Crippen LogP contribution in [0.4, 0.5) is 0 Å². The minimum atomic E-state index is -0.0420. The molecule has 1 aliphatic heterocycles. The highest BCUT2D eigenvalue weighted by Crippen LogP contribution is 2.30. The summed E-state index contributed by atoms with van der Waals surface area (Å²) in [5.74, 6) is 0.272. The monoisotopic (exact) mass is 259 g/mol. The third-order valence-electron chi connectivity index (χ3n) is 4.54. The summed E-state index contributed by atoms with van der Waals surface area (Å²) in [6.07, 6.45) is 3.73. The van der Waals surface area contributed by atoms with E-state index in [1.165, 1.54) is 41.5 Å². The van der Waals surface area contributed by atoms with Crippen molar-refractivity contribution in [1.82, 2.24) is 4.90 Å². The lowest BCUT2D eigenvalue weighted by atomic mass is 9.91. The van der Waals surface area contributed by atoms with Gasteiger partial charge in [-0.3, -0.25) is 9.69 Å². The molecule has 2 nitrogen and oxygen atoms in total. The molecule has 0 aliphatic carbocycles. The number of carbonyl (C=O) groups excluding carboxylic acids is 1. The first-order chi connectivity index (χ1) is 9.02. The van der Waals surface area contributed by atoms with E-state index in [1.807, 2.05) is 0 Å². The molecule has 1 saturated heterocycles. The molecular weight excluding hydrogens is 234 g/mol. The minimum Gasteiger partial charge on any atom is -0.298 e. The van der Waals surface area contributed by atoms with Crippen molar-refractivity contribution in [3.63, 3.8) is 0 Å². The second-order valence-electron chi connectivity index (χ2n) is 5.83. The fourth-order valence-corrected chi connectivity index (χ4v) is 3.12. The van der Waals surface area contributed by atoms with Gasteiger partial charge in [0, 0.05) is 0 Å². The lowest BCUT2D eigenvalue weighted by Gasteiger charge is -2.34. The lowest BCUT2D eigenvalue weighted by molar-refractivity contribution is -0.122. The van der Waals surface area contributed by atoms with Crippen LogP contribution in [0.15, 0.2) is 12.1 Å². The molecule has 19 heavy (non-hydrogen) atoms. The summed E-state index contributed by atoms with van der Waals surface area (Å²) in [6, 6.07) is 4.26. The van der Waals surface area contributed by atoms with E-state index in [2.05, 4.69) is 37.8 Å². The highest BCUT2D eigenvalue weighted by molar-refractivity contribution is 5.83. The van der Waals surface area contributed by atoms with E-state index >= 15 is 0 Å². The molecule has 2 heteroatoms. The highest BCUT2D eigenvalue weighted by atomic mass is 16.1. The molecule has 0 spiro atoms. The van der Waals surface area contributed by atoms with Crippen LogP contribution in [0.5, 0.6) is 0 Å². The van der Waals surface area contributed by atoms with Crippen molar-refractivity contribution in [1.29, 1.82) is 0 Å². The first-order valence-corrected chi connectivity index (χ1v) is 7.33. The number of aryl methyl sites for hydroxylation is 1. The number of benzene rings is 1. The Kier molecular flexibility index (Phi) is 4.41. The van der Waals surface area contributed by atoms with Gasteiger partial charge in [-0.2, -0.15) is 0 Å². The second-order valence-corrected chi connectivity index (χ2v) is 5.83. The molecule has 0 N–H and O–H groups in total. The number of rotatable bonds is 3. The number of hydrogen-bond acceptors (Lipinski definition) is 2. The minimum absolute atomic E-state index is 0.0420. The smallest absolute Gasteiger partial charge is 0.151 e. The van der Waals surface area contributed by atoms with Crippen molar-refractivity contribution < 1.29 is 4.79 Å². The van der Waals surface area contributed by atoms with E-state index in [-0.39, 0.29) is 11.8 Å². The second kappa shape index (κ2) is 5.87. The average Bonchev–Trinajstić information content (AvgIpc) is 2.40. The largest absolute Gasteiger partial charge is 0.298 e. The molecule has 1 aromatic carbocycles. The van der Waals surface area contributed by atoms with Crippen LogP contribution in [0.2, 0.25) is 0 Å². The number of likely N-dealkylation sites (tertiary alicyclic amines) is 1. The van der Waals surface area contributed by atoms with E-state index in [0.29, 0.717) is 0 Å². The van der Waals surface area contributed by atoms with Gasteiger partial charge in [0.1, 0.15) is 0 Å². The number of Topliss-reactive ketones (excluding diaryl/α,β-unsaturated/α-hetero) is 1. The Morgan fingerprint density at radius 3 is 2.26 bits per heavy atom. The number of carbonyl (C=O) groups is 1. The summed E-state index contributed by atoms with van der Waals surface area (Å²) in [5, 5.41) is 0. The fourth-order valence-electron chi connectivity index (χ4n) is 3.12. The molecule has 0 saturated carbocycles. The zero-order valence-corrected chi connectivity index (χ0v) is 12.6. The topological polar surface area (TPSA) is 20.3 Å². The van der Waals surface area contributed by atoms with E-state index in [4.69, 9.17) is 0 Å². The molecule has 0 amide bonds. The van der Waals surface area contributed by atoms with E-state index < -0.39 is 0 Å². The van der Waals surface area contributed by atoms with Gasteiger partial charge in [-0.25, -0.2) is 0 Å². The molecule has 0 bridgehead atoms. The summed E-state index contributed by atoms with van der Waals surface area (Å²) < 4.78 is 0. The third kappa shape index (κ3) is 2.89. The summed E-state index contributed by atoms with van der Waals surface area (Å²) in [6.45, 7) is 10.3. The van der Waals surface area contributed by atoms with Gasteiger partial charge in [-0.05, 0) is 75.9 Å². The number of nitrogens with zero attached hydrogens (tertiary/aromatic N) is 1. The number of piperidine rings is 1. The van der Waals surface area contributed by atoms with E-state index in [1.54, 1.807) is 6.92 Å². The molecule has 1 atom stereocenters. The van der Waals surface area contributed by atoms with Crippen LogP contribution in [0.3, 0.4) is 0 Å². The molecule has 1 aliphatic rings. The van der Waals surface area contributed by atoms with Crippen molar-refractivity contribution >= 4 is 5.78 Å². The van der Waals surface area contributed by atoms with Crippen molar-refractivity contribution in [2.45, 2.75) is 53.0 Å². The van der Waals surface area contributed by atoms with Gasteiger partial charge >= 0.3 is 0 Å². The molecule has 2 rings (SSSR count). The van der Waals surface area contributed by atoms with Gasteiger partial charge in [0.25, 0.3) is 0 Å². The first kappa shape index (κ1) is 14.3. The van der Waals surface area contributed by atoms with Crippen LogP contribution in [0.25, 0.3) is 0 Å². The Balaban J connectivity index is 2.39. The van der Waals surface area contributed by atoms with Crippen LogP contribution in [0, 0.1) is 20.8 Å². The van der Waals surface area contributed by atoms with Crippen LogP contribution in [-0.4, -0.2) is 23.8 Å². The van der Waals surface area contributed by atoms with Crippen molar-refractivity contribution in [2.24, 2.45) is 0 Å². The van der Waals surface area contributed by atoms with Gasteiger partial charge in [0.05, 0.1) is 6.04 Å². The maximum Gasteiger partial charge on any atom is 0.151 e. The summed E-state index contributed by atoms with van der Waals surface area (Å²) in [4.78, 5) is 14.5. The summed E-state index contributed by atoms with van der Waals surface area (Å²) >= 11 is 0. The first-order valence-electron chi connectivity index (χ1n) is 7.33. The predicted molar refractivity (Wildman–Crippen MR) is 79.5 cm³/mol. The Bertz CT molecular complexity index is 472. The molecule has 1 aromatic rings. The number of hydrogen-bond donors (Lipinski definition) is 0. The highest BCUT2D eigenvalue weighted by Gasteiger charge is 2.27. The standard InChI is InChI=1S/C17H25NO/c1-12-8-9-16(14(3)13(12)2)17(15(4)19)18-10-6-5-7-11-18/h8-9,17H,5-7,10-11H2,1-4H3.